The number of aromatic carboxylic acids is 1. The normalized spacial score (nSPS) is 19.1. The van der Waals surface area contributed by atoms with Gasteiger partial charge in [0.2, 0.25) is 17.6 Å². The van der Waals surface area contributed by atoms with Crippen molar-refractivity contribution in [2.75, 3.05) is 0 Å². The van der Waals surface area contributed by atoms with Crippen molar-refractivity contribution in [2.45, 2.75) is 18.8 Å². The van der Waals surface area contributed by atoms with E-state index in [1.807, 2.05) is 0 Å². The van der Waals surface area contributed by atoms with Crippen LogP contribution in [0.2, 0.25) is 0 Å². The molecule has 3 rings (SSSR count). The average Bonchev–Trinajstić information content (AvgIpc) is 2.81. The fraction of sp³-hybridized carbons (Fsp3) is 0.250. The van der Waals surface area contributed by atoms with E-state index < -0.39 is 11.9 Å². The highest BCUT2D eigenvalue weighted by molar-refractivity contribution is 6.00. The van der Waals surface area contributed by atoms with Crippen molar-refractivity contribution in [3.05, 3.63) is 29.7 Å². The third-order valence-electron chi connectivity index (χ3n) is 3.26. The summed E-state index contributed by atoms with van der Waals surface area (Å²) in [7, 11) is 0. The van der Waals surface area contributed by atoms with Crippen molar-refractivity contribution >= 4 is 23.4 Å². The number of piperidine rings is 1. The van der Waals surface area contributed by atoms with Gasteiger partial charge in [0.15, 0.2) is 5.65 Å². The van der Waals surface area contributed by atoms with Crippen LogP contribution in [0.25, 0.3) is 5.65 Å². The minimum atomic E-state index is -1.20. The first-order chi connectivity index (χ1) is 9.56. The molecule has 0 saturated carbocycles. The second kappa shape index (κ2) is 4.41. The van der Waals surface area contributed by atoms with Gasteiger partial charge in [-0.05, 0) is 18.1 Å². The molecule has 0 bridgehead atoms. The van der Waals surface area contributed by atoms with Gasteiger partial charge in [-0.25, -0.2) is 4.79 Å². The van der Waals surface area contributed by atoms with Crippen LogP contribution >= 0.6 is 0 Å². The SMILES string of the molecule is O=C1CCC(c2ccc3nnc(C(=O)O)n3c2)C(=O)N1. The zero-order valence-corrected chi connectivity index (χ0v) is 10.2. The first-order valence-corrected chi connectivity index (χ1v) is 5.98. The molecular formula is C12H10N4O4. The summed E-state index contributed by atoms with van der Waals surface area (Å²) in [5.41, 5.74) is 1.02. The van der Waals surface area contributed by atoms with E-state index >= 15 is 0 Å². The molecule has 2 amide bonds. The molecule has 3 heterocycles. The summed E-state index contributed by atoms with van der Waals surface area (Å²) >= 11 is 0. The van der Waals surface area contributed by atoms with Crippen molar-refractivity contribution in [3.8, 4) is 0 Å². The molecule has 2 aromatic rings. The van der Waals surface area contributed by atoms with Crippen LogP contribution in [-0.2, 0) is 9.59 Å². The number of rotatable bonds is 2. The van der Waals surface area contributed by atoms with E-state index in [9.17, 15) is 14.4 Å². The van der Waals surface area contributed by atoms with Gasteiger partial charge < -0.3 is 5.11 Å². The van der Waals surface area contributed by atoms with E-state index in [0.29, 0.717) is 17.6 Å². The maximum atomic E-state index is 11.8. The van der Waals surface area contributed by atoms with Crippen molar-refractivity contribution < 1.29 is 19.5 Å². The van der Waals surface area contributed by atoms with E-state index in [0.717, 1.165) is 0 Å². The molecular weight excluding hydrogens is 264 g/mol. The predicted octanol–water partition coefficient (Wildman–Crippen LogP) is -0.0523. The minimum absolute atomic E-state index is 0.214. The van der Waals surface area contributed by atoms with Gasteiger partial charge in [-0.15, -0.1) is 10.2 Å². The monoisotopic (exact) mass is 274 g/mol. The van der Waals surface area contributed by atoms with E-state index in [-0.39, 0.29) is 24.1 Å². The van der Waals surface area contributed by atoms with Crippen LogP contribution < -0.4 is 5.32 Å². The van der Waals surface area contributed by atoms with Gasteiger partial charge in [0, 0.05) is 12.6 Å². The number of amides is 2. The molecule has 1 unspecified atom stereocenters. The molecule has 20 heavy (non-hydrogen) atoms. The van der Waals surface area contributed by atoms with Crippen LogP contribution in [-0.4, -0.2) is 37.5 Å². The highest BCUT2D eigenvalue weighted by atomic mass is 16.4. The fourth-order valence-electron chi connectivity index (χ4n) is 2.27. The first-order valence-electron chi connectivity index (χ1n) is 5.98. The summed E-state index contributed by atoms with van der Waals surface area (Å²) in [6.45, 7) is 0. The van der Waals surface area contributed by atoms with Crippen molar-refractivity contribution in [2.24, 2.45) is 0 Å². The van der Waals surface area contributed by atoms with Crippen molar-refractivity contribution in [1.82, 2.24) is 19.9 Å². The van der Waals surface area contributed by atoms with Crippen LogP contribution in [0.1, 0.15) is 34.9 Å². The number of pyridine rings is 1. The van der Waals surface area contributed by atoms with Gasteiger partial charge in [0.25, 0.3) is 0 Å². The summed E-state index contributed by atoms with van der Waals surface area (Å²) in [6, 6.07) is 3.29. The number of nitrogens with one attached hydrogen (secondary N) is 1. The molecule has 2 aromatic heterocycles. The lowest BCUT2D eigenvalue weighted by atomic mass is 9.92. The molecule has 1 saturated heterocycles. The Morgan fingerprint density at radius 2 is 2.15 bits per heavy atom. The molecule has 0 radical (unpaired) electrons. The Morgan fingerprint density at radius 1 is 1.35 bits per heavy atom. The first kappa shape index (κ1) is 12.3. The largest absolute Gasteiger partial charge is 0.475 e. The molecule has 102 valence electrons. The second-order valence-electron chi connectivity index (χ2n) is 4.52. The highest BCUT2D eigenvalue weighted by Gasteiger charge is 2.28. The Morgan fingerprint density at radius 3 is 2.85 bits per heavy atom. The van der Waals surface area contributed by atoms with Crippen LogP contribution in [0, 0.1) is 0 Å². The quantitative estimate of drug-likeness (QED) is 0.742. The summed E-state index contributed by atoms with van der Waals surface area (Å²) in [5, 5.41) is 18.6. The van der Waals surface area contributed by atoms with Gasteiger partial charge in [-0.2, -0.15) is 0 Å². The number of hydrogen-bond donors (Lipinski definition) is 2. The molecule has 0 aromatic carbocycles. The van der Waals surface area contributed by atoms with Crippen LogP contribution in [0.3, 0.4) is 0 Å². The van der Waals surface area contributed by atoms with Gasteiger partial charge in [-0.3, -0.25) is 19.3 Å². The lowest BCUT2D eigenvalue weighted by Gasteiger charge is -2.21. The summed E-state index contributed by atoms with van der Waals surface area (Å²) in [4.78, 5) is 34.0. The van der Waals surface area contributed by atoms with Crippen LogP contribution in [0.4, 0.5) is 0 Å². The van der Waals surface area contributed by atoms with Gasteiger partial charge in [0.1, 0.15) is 0 Å². The van der Waals surface area contributed by atoms with Crippen LogP contribution in [0.15, 0.2) is 18.3 Å². The van der Waals surface area contributed by atoms with Crippen molar-refractivity contribution in [1.29, 1.82) is 0 Å². The van der Waals surface area contributed by atoms with E-state index in [4.69, 9.17) is 5.11 Å². The number of imide groups is 1. The zero-order valence-electron chi connectivity index (χ0n) is 10.2. The summed E-state index contributed by atoms with van der Waals surface area (Å²) < 4.78 is 1.32. The number of carboxylic acid groups (broad SMARTS) is 1. The highest BCUT2D eigenvalue weighted by Crippen LogP contribution is 2.25. The van der Waals surface area contributed by atoms with E-state index in [2.05, 4.69) is 15.5 Å². The molecule has 1 aliphatic rings. The third kappa shape index (κ3) is 1.91. The van der Waals surface area contributed by atoms with Crippen molar-refractivity contribution in [3.63, 3.8) is 0 Å². The maximum absolute atomic E-state index is 11.8. The second-order valence-corrected chi connectivity index (χ2v) is 4.52. The number of carbonyl (C=O) groups excluding carboxylic acids is 2. The van der Waals surface area contributed by atoms with Crippen LogP contribution in [0.5, 0.6) is 0 Å². The maximum Gasteiger partial charge on any atom is 0.374 e. The number of nitrogens with zero attached hydrogens (tertiary/aromatic N) is 3. The lowest BCUT2D eigenvalue weighted by molar-refractivity contribution is -0.134. The Bertz CT molecular complexity index is 736. The smallest absolute Gasteiger partial charge is 0.374 e. The summed E-state index contributed by atoms with van der Waals surface area (Å²) in [6.07, 6.45) is 2.20. The van der Waals surface area contributed by atoms with Gasteiger partial charge in [0.05, 0.1) is 5.92 Å². The summed E-state index contributed by atoms with van der Waals surface area (Å²) in [5.74, 6) is -2.54. The fourth-order valence-corrected chi connectivity index (χ4v) is 2.27. The molecule has 1 atom stereocenters. The zero-order chi connectivity index (χ0) is 14.3. The number of carbonyl (C=O) groups is 3. The Hall–Kier alpha value is -2.77. The van der Waals surface area contributed by atoms with Gasteiger partial charge >= 0.3 is 5.97 Å². The topological polar surface area (TPSA) is 114 Å². The molecule has 1 aliphatic heterocycles. The number of fused-ring (bicyclic) bond motifs is 1. The predicted molar refractivity (Wildman–Crippen MR) is 65.1 cm³/mol. The standard InChI is InChI=1S/C12H10N4O4/c17-9-4-2-7(11(18)13-9)6-1-3-8-14-15-10(12(19)20)16(8)5-6/h1,3,5,7H,2,4H2,(H,19,20)(H,13,17,18). The number of hydrogen-bond acceptors (Lipinski definition) is 5. The molecule has 2 N–H and O–H groups in total. The Labute approximate surface area is 112 Å². The molecule has 0 spiro atoms. The Kier molecular flexibility index (Phi) is 2.70. The number of carboxylic acids is 1. The Balaban J connectivity index is 2.04. The molecule has 8 nitrogen and oxygen atoms in total. The van der Waals surface area contributed by atoms with E-state index in [1.54, 1.807) is 12.1 Å². The molecule has 0 aliphatic carbocycles. The average molecular weight is 274 g/mol. The molecule has 1 fully saturated rings. The lowest BCUT2D eigenvalue weighted by Crippen LogP contribution is -2.39. The van der Waals surface area contributed by atoms with E-state index in [1.165, 1.54) is 10.6 Å². The number of aromatic nitrogens is 3. The molecule has 8 heteroatoms. The minimum Gasteiger partial charge on any atom is -0.475 e. The third-order valence-corrected chi connectivity index (χ3v) is 3.26. The van der Waals surface area contributed by atoms with Gasteiger partial charge in [-0.1, -0.05) is 6.07 Å².